The molecule has 24 heavy (non-hydrogen) atoms. The second kappa shape index (κ2) is 6.33. The van der Waals surface area contributed by atoms with Crippen LogP contribution >= 0.6 is 0 Å². The molecule has 0 aliphatic carbocycles. The van der Waals surface area contributed by atoms with Crippen LogP contribution in [-0.2, 0) is 14.8 Å². The van der Waals surface area contributed by atoms with Gasteiger partial charge in [-0.25, -0.2) is 12.8 Å². The van der Waals surface area contributed by atoms with Crippen LogP contribution in [-0.4, -0.2) is 36.4 Å². The molecule has 1 aromatic heterocycles. The molecule has 128 valence electrons. The Labute approximate surface area is 138 Å². The van der Waals surface area contributed by atoms with Crippen LogP contribution in [0.3, 0.4) is 0 Å². The number of hydrogen-bond acceptors (Lipinski definition) is 5. The monoisotopic (exact) mass is 353 g/mol. The fraction of sp³-hybridized carbons (Fsp3) is 0.333. The SMILES string of the molecule is Cc1cc(NC(=O)[C@@H]2CCCN2S(=O)(=O)c2ccc(F)cc2)no1. The van der Waals surface area contributed by atoms with Gasteiger partial charge in [0.05, 0.1) is 4.90 Å². The molecule has 0 spiro atoms. The summed E-state index contributed by atoms with van der Waals surface area (Å²) >= 11 is 0. The van der Waals surface area contributed by atoms with Gasteiger partial charge in [-0.2, -0.15) is 4.31 Å². The third-order valence-electron chi connectivity index (χ3n) is 3.81. The van der Waals surface area contributed by atoms with Crippen molar-refractivity contribution in [2.45, 2.75) is 30.7 Å². The Morgan fingerprint density at radius 2 is 2.08 bits per heavy atom. The number of benzene rings is 1. The van der Waals surface area contributed by atoms with E-state index < -0.39 is 27.8 Å². The van der Waals surface area contributed by atoms with E-state index in [0.717, 1.165) is 16.4 Å². The fourth-order valence-electron chi connectivity index (χ4n) is 2.67. The Bertz CT molecular complexity index is 848. The summed E-state index contributed by atoms with van der Waals surface area (Å²) in [6.45, 7) is 1.92. The zero-order chi connectivity index (χ0) is 17.3. The van der Waals surface area contributed by atoms with Gasteiger partial charge >= 0.3 is 0 Å². The second-order valence-corrected chi connectivity index (χ2v) is 7.43. The number of sulfonamides is 1. The molecule has 1 atom stereocenters. The van der Waals surface area contributed by atoms with Crippen LogP contribution in [0.5, 0.6) is 0 Å². The molecule has 1 amide bonds. The van der Waals surface area contributed by atoms with Crippen LogP contribution < -0.4 is 5.32 Å². The normalized spacial score (nSPS) is 18.7. The first kappa shape index (κ1) is 16.6. The van der Waals surface area contributed by atoms with E-state index in [-0.39, 0.29) is 17.3 Å². The Hall–Kier alpha value is -2.26. The minimum atomic E-state index is -3.87. The molecule has 0 saturated carbocycles. The van der Waals surface area contributed by atoms with E-state index in [1.54, 1.807) is 13.0 Å². The lowest BCUT2D eigenvalue weighted by atomic mass is 10.2. The largest absolute Gasteiger partial charge is 0.360 e. The number of carbonyl (C=O) groups excluding carboxylic acids is 1. The summed E-state index contributed by atoms with van der Waals surface area (Å²) in [6.07, 6.45) is 0.972. The van der Waals surface area contributed by atoms with Gasteiger partial charge in [-0.1, -0.05) is 5.16 Å². The quantitative estimate of drug-likeness (QED) is 0.906. The predicted octanol–water partition coefficient (Wildman–Crippen LogP) is 1.91. The number of amides is 1. The Morgan fingerprint density at radius 1 is 1.38 bits per heavy atom. The highest BCUT2D eigenvalue weighted by Gasteiger charge is 2.39. The number of hydrogen-bond donors (Lipinski definition) is 1. The lowest BCUT2D eigenvalue weighted by Gasteiger charge is -2.23. The highest BCUT2D eigenvalue weighted by Crippen LogP contribution is 2.27. The molecule has 0 unspecified atom stereocenters. The van der Waals surface area contributed by atoms with E-state index in [1.807, 2.05) is 0 Å². The van der Waals surface area contributed by atoms with Gasteiger partial charge in [0.2, 0.25) is 15.9 Å². The summed E-state index contributed by atoms with van der Waals surface area (Å²) in [4.78, 5) is 12.4. The van der Waals surface area contributed by atoms with Gasteiger partial charge in [0.15, 0.2) is 5.82 Å². The van der Waals surface area contributed by atoms with E-state index in [4.69, 9.17) is 4.52 Å². The average Bonchev–Trinajstić information content (AvgIpc) is 3.17. The molecule has 1 N–H and O–H groups in total. The first-order chi connectivity index (χ1) is 11.4. The number of carbonyl (C=O) groups is 1. The molecule has 1 aliphatic rings. The first-order valence-electron chi connectivity index (χ1n) is 7.39. The molecule has 1 aliphatic heterocycles. The maximum atomic E-state index is 13.0. The maximum absolute atomic E-state index is 13.0. The molecule has 0 radical (unpaired) electrons. The van der Waals surface area contributed by atoms with Gasteiger partial charge in [-0.15, -0.1) is 0 Å². The van der Waals surface area contributed by atoms with Crippen LogP contribution in [0.4, 0.5) is 10.2 Å². The molecule has 1 fully saturated rings. The number of nitrogens with zero attached hydrogens (tertiary/aromatic N) is 2. The molecular weight excluding hydrogens is 337 g/mol. The van der Waals surface area contributed by atoms with Gasteiger partial charge in [-0.05, 0) is 44.0 Å². The highest BCUT2D eigenvalue weighted by atomic mass is 32.2. The van der Waals surface area contributed by atoms with Crippen LogP contribution in [0.2, 0.25) is 0 Å². The lowest BCUT2D eigenvalue weighted by molar-refractivity contribution is -0.119. The zero-order valence-corrected chi connectivity index (χ0v) is 13.7. The van der Waals surface area contributed by atoms with Gasteiger partial charge in [0.1, 0.15) is 17.6 Å². The van der Waals surface area contributed by atoms with Crippen molar-refractivity contribution in [1.82, 2.24) is 9.46 Å². The van der Waals surface area contributed by atoms with Crippen molar-refractivity contribution in [1.29, 1.82) is 0 Å². The minimum absolute atomic E-state index is 0.0409. The molecule has 2 heterocycles. The van der Waals surface area contributed by atoms with E-state index in [0.29, 0.717) is 18.6 Å². The third-order valence-corrected chi connectivity index (χ3v) is 5.73. The van der Waals surface area contributed by atoms with Crippen molar-refractivity contribution in [3.8, 4) is 0 Å². The Balaban J connectivity index is 1.81. The zero-order valence-electron chi connectivity index (χ0n) is 12.9. The van der Waals surface area contributed by atoms with Crippen molar-refractivity contribution in [3.05, 3.63) is 41.9 Å². The smallest absolute Gasteiger partial charge is 0.244 e. The molecule has 0 bridgehead atoms. The molecule has 1 saturated heterocycles. The Morgan fingerprint density at radius 3 is 2.71 bits per heavy atom. The summed E-state index contributed by atoms with van der Waals surface area (Å²) in [5.74, 6) is -0.214. The van der Waals surface area contributed by atoms with E-state index in [2.05, 4.69) is 10.5 Å². The Kier molecular flexibility index (Phi) is 4.37. The van der Waals surface area contributed by atoms with Crippen molar-refractivity contribution in [3.63, 3.8) is 0 Å². The molecule has 9 heteroatoms. The number of aromatic nitrogens is 1. The summed E-state index contributed by atoms with van der Waals surface area (Å²) in [5, 5.41) is 6.22. The number of nitrogens with one attached hydrogen (secondary N) is 1. The van der Waals surface area contributed by atoms with Gasteiger partial charge < -0.3 is 9.84 Å². The maximum Gasteiger partial charge on any atom is 0.244 e. The first-order valence-corrected chi connectivity index (χ1v) is 8.83. The van der Waals surface area contributed by atoms with Crippen molar-refractivity contribution < 1.29 is 22.1 Å². The van der Waals surface area contributed by atoms with E-state index >= 15 is 0 Å². The molecule has 3 rings (SSSR count). The summed E-state index contributed by atoms with van der Waals surface area (Å²) in [6, 6.07) is 5.26. The lowest BCUT2D eigenvalue weighted by Crippen LogP contribution is -2.43. The summed E-state index contributed by atoms with van der Waals surface area (Å²) < 4.78 is 44.4. The topological polar surface area (TPSA) is 92.5 Å². The predicted molar refractivity (Wildman–Crippen MR) is 83.2 cm³/mol. The molecule has 1 aromatic carbocycles. The number of rotatable bonds is 4. The number of anilines is 1. The van der Waals surface area contributed by atoms with Gasteiger partial charge in [0.25, 0.3) is 0 Å². The molecular formula is C15H16FN3O4S. The van der Waals surface area contributed by atoms with Gasteiger partial charge in [-0.3, -0.25) is 4.79 Å². The number of halogens is 1. The summed E-state index contributed by atoms with van der Waals surface area (Å²) in [5.41, 5.74) is 0. The van der Waals surface area contributed by atoms with E-state index in [9.17, 15) is 17.6 Å². The molecule has 7 nitrogen and oxygen atoms in total. The fourth-order valence-corrected chi connectivity index (χ4v) is 4.32. The van der Waals surface area contributed by atoms with Crippen molar-refractivity contribution in [2.75, 3.05) is 11.9 Å². The van der Waals surface area contributed by atoms with Crippen LogP contribution in [0.15, 0.2) is 39.8 Å². The third kappa shape index (κ3) is 3.17. The van der Waals surface area contributed by atoms with Gasteiger partial charge in [0, 0.05) is 12.6 Å². The standard InChI is InChI=1S/C15H16FN3O4S/c1-10-9-14(18-23-10)17-15(20)13-3-2-8-19(13)24(21,22)12-6-4-11(16)5-7-12/h4-7,9,13H,2-3,8H2,1H3,(H,17,18,20)/t13-/m0/s1. The summed E-state index contributed by atoms with van der Waals surface area (Å²) in [7, 11) is -3.87. The van der Waals surface area contributed by atoms with Crippen LogP contribution in [0, 0.1) is 12.7 Å². The number of aryl methyl sites for hydroxylation is 1. The molecule has 2 aromatic rings. The van der Waals surface area contributed by atoms with Crippen molar-refractivity contribution >= 4 is 21.7 Å². The average molecular weight is 353 g/mol. The second-order valence-electron chi connectivity index (χ2n) is 5.54. The van der Waals surface area contributed by atoms with Crippen LogP contribution in [0.1, 0.15) is 18.6 Å². The highest BCUT2D eigenvalue weighted by molar-refractivity contribution is 7.89. The minimum Gasteiger partial charge on any atom is -0.360 e. The van der Waals surface area contributed by atoms with Crippen molar-refractivity contribution in [2.24, 2.45) is 0 Å². The van der Waals surface area contributed by atoms with E-state index in [1.165, 1.54) is 12.1 Å². The van der Waals surface area contributed by atoms with Crippen LogP contribution in [0.25, 0.3) is 0 Å².